The molecule has 2 rings (SSSR count). The van der Waals surface area contributed by atoms with E-state index < -0.39 is 17.6 Å². The van der Waals surface area contributed by atoms with Gasteiger partial charge in [-0.25, -0.2) is 9.37 Å². The molecular weight excluding hydrogens is 264 g/mol. The lowest BCUT2D eigenvalue weighted by molar-refractivity contribution is -0.140. The summed E-state index contributed by atoms with van der Waals surface area (Å²) in [7, 11) is 0. The highest BCUT2D eigenvalue weighted by atomic mass is 19.4. The molecule has 0 spiro atoms. The van der Waals surface area contributed by atoms with Crippen molar-refractivity contribution in [2.45, 2.75) is 20.0 Å². The maximum atomic E-state index is 13.5. The van der Waals surface area contributed by atoms with Gasteiger partial charge in [-0.1, -0.05) is 0 Å². The summed E-state index contributed by atoms with van der Waals surface area (Å²) >= 11 is 0. The van der Waals surface area contributed by atoms with E-state index in [4.69, 9.17) is 4.84 Å². The Balaban J connectivity index is 2.35. The first-order chi connectivity index (χ1) is 8.77. The minimum absolute atomic E-state index is 0.0274. The molecule has 0 fully saturated rings. The Labute approximate surface area is 106 Å². The van der Waals surface area contributed by atoms with Gasteiger partial charge >= 0.3 is 6.18 Å². The van der Waals surface area contributed by atoms with E-state index >= 15 is 0 Å². The van der Waals surface area contributed by atoms with Crippen LogP contribution in [0.4, 0.5) is 17.6 Å². The fraction of sp³-hybridized carbons (Fsp3) is 0.250. The average molecular weight is 274 g/mol. The topological polar surface area (TPSA) is 27.1 Å². The van der Waals surface area contributed by atoms with Crippen molar-refractivity contribution in [3.63, 3.8) is 0 Å². The molecule has 0 saturated heterocycles. The van der Waals surface area contributed by atoms with Gasteiger partial charge in [0.15, 0.2) is 5.75 Å². The van der Waals surface area contributed by atoms with Gasteiger partial charge in [0.05, 0.1) is 17.5 Å². The molecule has 0 atom stereocenters. The fourth-order valence-electron chi connectivity index (χ4n) is 1.69. The quantitative estimate of drug-likeness (QED) is 0.784. The van der Waals surface area contributed by atoms with E-state index in [1.807, 2.05) is 0 Å². The molecule has 1 aromatic heterocycles. The Morgan fingerprint density at radius 3 is 2.37 bits per heavy atom. The maximum absolute atomic E-state index is 13.5. The maximum Gasteiger partial charge on any atom is 0.419 e. The summed E-state index contributed by atoms with van der Waals surface area (Å²) in [4.78, 5) is 9.05. The predicted octanol–water partition coefficient (Wildman–Crippen LogP) is 3.50. The summed E-state index contributed by atoms with van der Waals surface area (Å²) in [6.07, 6.45) is -1.87. The van der Waals surface area contributed by atoms with Crippen LogP contribution in [0, 0.1) is 19.7 Å². The summed E-state index contributed by atoms with van der Waals surface area (Å²) in [6.45, 7) is 2.90. The third-order valence-electron chi connectivity index (χ3n) is 2.44. The molecule has 102 valence electrons. The zero-order valence-electron chi connectivity index (χ0n) is 10.1. The molecule has 7 heteroatoms. The normalized spacial score (nSPS) is 11.7. The van der Waals surface area contributed by atoms with Crippen LogP contribution in [0.2, 0.25) is 0 Å². The molecule has 1 heterocycles. The van der Waals surface area contributed by atoms with Crippen LogP contribution in [0.15, 0.2) is 24.7 Å². The van der Waals surface area contributed by atoms with Crippen LogP contribution in [0.3, 0.4) is 0 Å². The minimum Gasteiger partial charge on any atom is -0.374 e. The van der Waals surface area contributed by atoms with Crippen molar-refractivity contribution in [1.82, 2.24) is 9.71 Å². The highest BCUT2D eigenvalue weighted by Crippen LogP contribution is 2.35. The Morgan fingerprint density at radius 1 is 1.21 bits per heavy atom. The lowest BCUT2D eigenvalue weighted by atomic mass is 10.1. The second-order valence-corrected chi connectivity index (χ2v) is 4.06. The Hall–Kier alpha value is -2.05. The molecule has 0 aliphatic rings. The van der Waals surface area contributed by atoms with E-state index in [9.17, 15) is 17.6 Å². The van der Waals surface area contributed by atoms with Crippen molar-refractivity contribution in [3.05, 3.63) is 47.3 Å². The first kappa shape index (κ1) is 13.4. The number of halogens is 4. The predicted molar refractivity (Wildman–Crippen MR) is 59.1 cm³/mol. The zero-order chi connectivity index (χ0) is 14.2. The van der Waals surface area contributed by atoms with Crippen LogP contribution in [-0.2, 0) is 6.18 Å². The van der Waals surface area contributed by atoms with Crippen LogP contribution in [0.25, 0.3) is 0 Å². The highest BCUT2D eigenvalue weighted by molar-refractivity contribution is 5.37. The SMILES string of the molecule is Cc1cn(Oc2cc(C)c(C(F)(F)F)c(F)c2)cn1. The largest absolute Gasteiger partial charge is 0.419 e. The summed E-state index contributed by atoms with van der Waals surface area (Å²) in [6, 6.07) is 1.83. The van der Waals surface area contributed by atoms with Crippen molar-refractivity contribution in [2.24, 2.45) is 0 Å². The van der Waals surface area contributed by atoms with Crippen LogP contribution >= 0.6 is 0 Å². The van der Waals surface area contributed by atoms with Crippen molar-refractivity contribution >= 4 is 0 Å². The van der Waals surface area contributed by atoms with Crippen molar-refractivity contribution in [3.8, 4) is 5.75 Å². The number of benzene rings is 1. The summed E-state index contributed by atoms with van der Waals surface area (Å²) in [5.74, 6) is -1.39. The van der Waals surface area contributed by atoms with Gasteiger partial charge < -0.3 is 4.84 Å². The second kappa shape index (κ2) is 4.56. The van der Waals surface area contributed by atoms with Gasteiger partial charge in [0.25, 0.3) is 0 Å². The molecule has 0 amide bonds. The van der Waals surface area contributed by atoms with Gasteiger partial charge in [0.2, 0.25) is 0 Å². The summed E-state index contributed by atoms with van der Waals surface area (Å²) in [5, 5.41) is 0. The van der Waals surface area contributed by atoms with Crippen LogP contribution in [0.5, 0.6) is 5.75 Å². The number of aromatic nitrogens is 2. The van der Waals surface area contributed by atoms with Gasteiger partial charge in [0, 0.05) is 6.07 Å². The molecule has 0 N–H and O–H groups in total. The molecule has 2 aromatic rings. The third-order valence-corrected chi connectivity index (χ3v) is 2.44. The van der Waals surface area contributed by atoms with E-state index in [0.29, 0.717) is 11.8 Å². The lowest BCUT2D eigenvalue weighted by Gasteiger charge is -2.13. The number of rotatable bonds is 2. The Morgan fingerprint density at radius 2 is 1.89 bits per heavy atom. The highest BCUT2D eigenvalue weighted by Gasteiger charge is 2.36. The number of hydrogen-bond acceptors (Lipinski definition) is 2. The summed E-state index contributed by atoms with van der Waals surface area (Å²) in [5.41, 5.74) is -0.842. The standard InChI is InChI=1S/C12H10F4N2O/c1-7-3-9(19-18-5-8(2)17-6-18)4-10(13)11(7)12(14,15)16/h3-6H,1-2H3. The summed E-state index contributed by atoms with van der Waals surface area (Å²) < 4.78 is 52.4. The average Bonchev–Trinajstić information content (AvgIpc) is 2.60. The van der Waals surface area contributed by atoms with E-state index in [-0.39, 0.29) is 11.3 Å². The molecule has 3 nitrogen and oxygen atoms in total. The van der Waals surface area contributed by atoms with E-state index in [0.717, 1.165) is 6.07 Å². The van der Waals surface area contributed by atoms with Gasteiger partial charge in [-0.2, -0.15) is 17.9 Å². The van der Waals surface area contributed by atoms with Crippen molar-refractivity contribution < 1.29 is 22.4 Å². The van der Waals surface area contributed by atoms with E-state index in [1.165, 1.54) is 24.2 Å². The molecule has 0 saturated carbocycles. The third kappa shape index (κ3) is 2.86. The molecule has 0 unspecified atom stereocenters. The first-order valence-corrected chi connectivity index (χ1v) is 5.33. The van der Waals surface area contributed by atoms with Crippen LogP contribution < -0.4 is 4.84 Å². The lowest BCUT2D eigenvalue weighted by Crippen LogP contribution is -2.11. The van der Waals surface area contributed by atoms with Gasteiger partial charge in [0.1, 0.15) is 12.1 Å². The second-order valence-electron chi connectivity index (χ2n) is 4.06. The van der Waals surface area contributed by atoms with Crippen molar-refractivity contribution in [2.75, 3.05) is 0 Å². The number of nitrogens with zero attached hydrogens (tertiary/aromatic N) is 2. The first-order valence-electron chi connectivity index (χ1n) is 5.33. The number of aryl methyl sites for hydroxylation is 2. The minimum atomic E-state index is -4.72. The molecule has 0 radical (unpaired) electrons. The van der Waals surface area contributed by atoms with E-state index in [2.05, 4.69) is 4.98 Å². The molecule has 0 bridgehead atoms. The van der Waals surface area contributed by atoms with Crippen molar-refractivity contribution in [1.29, 1.82) is 0 Å². The Bertz CT molecular complexity index is 581. The zero-order valence-corrected chi connectivity index (χ0v) is 10.1. The monoisotopic (exact) mass is 274 g/mol. The van der Waals surface area contributed by atoms with Gasteiger partial charge in [-0.15, -0.1) is 0 Å². The molecule has 19 heavy (non-hydrogen) atoms. The van der Waals surface area contributed by atoms with Gasteiger partial charge in [-0.05, 0) is 25.5 Å². The number of imidazole rings is 1. The van der Waals surface area contributed by atoms with Crippen LogP contribution in [-0.4, -0.2) is 9.71 Å². The molecule has 0 aliphatic carbocycles. The van der Waals surface area contributed by atoms with E-state index in [1.54, 1.807) is 6.92 Å². The fourth-order valence-corrected chi connectivity index (χ4v) is 1.69. The molecule has 1 aromatic carbocycles. The molecule has 0 aliphatic heterocycles. The van der Waals surface area contributed by atoms with Crippen LogP contribution in [0.1, 0.15) is 16.8 Å². The molecular formula is C12H10F4N2O. The Kier molecular flexibility index (Phi) is 3.21. The number of alkyl halides is 3. The number of hydrogen-bond donors (Lipinski definition) is 0. The smallest absolute Gasteiger partial charge is 0.374 e. The van der Waals surface area contributed by atoms with Gasteiger partial charge in [-0.3, -0.25) is 0 Å².